The molecule has 34 heavy (non-hydrogen) atoms. The molecule has 1 N–H and O–H groups in total. The van der Waals surface area contributed by atoms with Crippen LogP contribution in [0.3, 0.4) is 0 Å². The van der Waals surface area contributed by atoms with Crippen molar-refractivity contribution < 1.29 is 9.53 Å². The van der Waals surface area contributed by atoms with E-state index in [1.54, 1.807) is 11.7 Å². The number of benzene rings is 2. The van der Waals surface area contributed by atoms with E-state index in [0.717, 1.165) is 24.9 Å². The second-order valence-electron chi connectivity index (χ2n) is 8.38. The maximum atomic E-state index is 13.5. The minimum absolute atomic E-state index is 0.0282. The van der Waals surface area contributed by atoms with Crippen LogP contribution in [0.25, 0.3) is 15.9 Å². The summed E-state index contributed by atoms with van der Waals surface area (Å²) in [6.07, 6.45) is 1.65. The van der Waals surface area contributed by atoms with Crippen LogP contribution in [-0.4, -0.2) is 35.7 Å². The predicted molar refractivity (Wildman–Crippen MR) is 135 cm³/mol. The van der Waals surface area contributed by atoms with Gasteiger partial charge in [-0.15, -0.1) is 11.3 Å². The number of hydrogen-bond donors (Lipinski definition) is 1. The molecule has 174 valence electrons. The maximum Gasteiger partial charge on any atom is 0.277 e. The van der Waals surface area contributed by atoms with Crippen LogP contribution in [-0.2, 0) is 11.3 Å². The molecule has 0 spiro atoms. The van der Waals surface area contributed by atoms with E-state index in [2.05, 4.69) is 10.2 Å². The summed E-state index contributed by atoms with van der Waals surface area (Å²) in [5.41, 5.74) is 2.33. The summed E-state index contributed by atoms with van der Waals surface area (Å²) in [6.45, 7) is 1.74. The van der Waals surface area contributed by atoms with Gasteiger partial charge in [-0.2, -0.15) is 0 Å². The summed E-state index contributed by atoms with van der Waals surface area (Å²) in [4.78, 5) is 33.4. The number of rotatable bonds is 6. The van der Waals surface area contributed by atoms with Gasteiger partial charge in [0.05, 0.1) is 24.2 Å². The molecule has 1 fully saturated rings. The van der Waals surface area contributed by atoms with Gasteiger partial charge in [-0.3, -0.25) is 9.59 Å². The fourth-order valence-corrected chi connectivity index (χ4v) is 5.16. The molecule has 1 aliphatic heterocycles. The van der Waals surface area contributed by atoms with Crippen LogP contribution in [0.4, 0.5) is 5.95 Å². The van der Waals surface area contributed by atoms with Crippen molar-refractivity contribution in [3.05, 3.63) is 82.0 Å². The largest absolute Gasteiger partial charge is 0.497 e. The summed E-state index contributed by atoms with van der Waals surface area (Å²) >= 11 is 1.39. The van der Waals surface area contributed by atoms with Crippen LogP contribution >= 0.6 is 11.3 Å². The highest BCUT2D eigenvalue weighted by Crippen LogP contribution is 2.27. The van der Waals surface area contributed by atoms with Crippen LogP contribution < -0.4 is 20.5 Å². The molecule has 0 radical (unpaired) electrons. The van der Waals surface area contributed by atoms with Gasteiger partial charge in [-0.05, 0) is 42.0 Å². The summed E-state index contributed by atoms with van der Waals surface area (Å²) in [5.74, 6) is 1.08. The Kier molecular flexibility index (Phi) is 6.31. The SMILES string of the molecule is COc1cccc(-n2c(N3CCC[C@@H](C(=O)NCc4ccccc4)C3)nc3ccsc3c2=O)c1. The lowest BCUT2D eigenvalue weighted by Crippen LogP contribution is -2.45. The summed E-state index contributed by atoms with van der Waals surface area (Å²) in [6, 6.07) is 19.2. The highest BCUT2D eigenvalue weighted by atomic mass is 32.1. The number of aromatic nitrogens is 2. The van der Waals surface area contributed by atoms with Crippen LogP contribution in [0, 0.1) is 5.92 Å². The van der Waals surface area contributed by atoms with Gasteiger partial charge in [-0.25, -0.2) is 9.55 Å². The minimum Gasteiger partial charge on any atom is -0.497 e. The molecule has 0 bridgehead atoms. The van der Waals surface area contributed by atoms with Crippen LogP contribution in [0.15, 0.2) is 70.8 Å². The van der Waals surface area contributed by atoms with Crippen LogP contribution in [0.1, 0.15) is 18.4 Å². The third kappa shape index (κ3) is 4.41. The average molecular weight is 475 g/mol. The third-order valence-electron chi connectivity index (χ3n) is 6.16. The van der Waals surface area contributed by atoms with Crippen molar-refractivity contribution in [3.63, 3.8) is 0 Å². The zero-order valence-corrected chi connectivity index (χ0v) is 19.8. The van der Waals surface area contributed by atoms with Crippen molar-refractivity contribution >= 4 is 33.4 Å². The topological polar surface area (TPSA) is 76.5 Å². The number of methoxy groups -OCH3 is 1. The number of ether oxygens (including phenoxy) is 1. The second-order valence-corrected chi connectivity index (χ2v) is 9.29. The quantitative estimate of drug-likeness (QED) is 0.457. The van der Waals surface area contributed by atoms with Crippen LogP contribution in [0.2, 0.25) is 0 Å². The lowest BCUT2D eigenvalue weighted by molar-refractivity contribution is -0.125. The Balaban J connectivity index is 1.46. The molecule has 1 amide bonds. The van der Waals surface area contributed by atoms with E-state index in [1.165, 1.54) is 11.3 Å². The van der Waals surface area contributed by atoms with E-state index in [9.17, 15) is 9.59 Å². The average Bonchev–Trinajstić information content (AvgIpc) is 3.37. The number of nitrogens with one attached hydrogen (secondary N) is 1. The fraction of sp³-hybridized carbons (Fsp3) is 0.269. The van der Waals surface area contributed by atoms with Gasteiger partial charge in [0.15, 0.2) is 0 Å². The molecule has 1 atom stereocenters. The number of anilines is 1. The van der Waals surface area contributed by atoms with Gasteiger partial charge in [0, 0.05) is 25.7 Å². The lowest BCUT2D eigenvalue weighted by atomic mass is 9.97. The first-order valence-electron chi connectivity index (χ1n) is 11.4. The minimum atomic E-state index is -0.175. The summed E-state index contributed by atoms with van der Waals surface area (Å²) in [7, 11) is 1.60. The number of nitrogens with zero attached hydrogens (tertiary/aromatic N) is 3. The van der Waals surface area contributed by atoms with Gasteiger partial charge in [-0.1, -0.05) is 36.4 Å². The van der Waals surface area contributed by atoms with Gasteiger partial charge in [0.2, 0.25) is 11.9 Å². The second kappa shape index (κ2) is 9.69. The molecule has 0 unspecified atom stereocenters. The molecule has 2 aromatic heterocycles. The first-order chi connectivity index (χ1) is 16.6. The van der Waals surface area contributed by atoms with Gasteiger partial charge in [0.1, 0.15) is 10.4 Å². The molecule has 1 saturated heterocycles. The predicted octanol–water partition coefficient (Wildman–Crippen LogP) is 3.99. The van der Waals surface area contributed by atoms with Crippen molar-refractivity contribution in [2.75, 3.05) is 25.1 Å². The molecule has 8 heteroatoms. The van der Waals surface area contributed by atoms with Gasteiger partial charge < -0.3 is 15.0 Å². The van der Waals surface area contributed by atoms with Crippen molar-refractivity contribution in [2.45, 2.75) is 19.4 Å². The highest BCUT2D eigenvalue weighted by molar-refractivity contribution is 7.17. The Morgan fingerprint density at radius 2 is 2.03 bits per heavy atom. The Hall–Kier alpha value is -3.65. The van der Waals surface area contributed by atoms with Crippen molar-refractivity contribution in [1.82, 2.24) is 14.9 Å². The lowest BCUT2D eigenvalue weighted by Gasteiger charge is -2.34. The Morgan fingerprint density at radius 1 is 1.18 bits per heavy atom. The number of carbonyl (C=O) groups is 1. The standard InChI is InChI=1S/C26H26N4O3S/c1-33-21-11-5-10-20(15-21)30-25(32)23-22(12-14-34-23)28-26(30)29-13-6-9-19(17-29)24(31)27-16-18-7-3-2-4-8-18/h2-5,7-8,10-12,14-15,19H,6,9,13,16-17H2,1H3,(H,27,31)/t19-/m1/s1. The first-order valence-corrected chi connectivity index (χ1v) is 12.2. The van der Waals surface area contributed by atoms with Crippen molar-refractivity contribution in [2.24, 2.45) is 5.92 Å². The number of fused-ring (bicyclic) bond motifs is 1. The number of thiophene rings is 1. The molecule has 7 nitrogen and oxygen atoms in total. The Bertz CT molecular complexity index is 1370. The van der Waals surface area contributed by atoms with Crippen molar-refractivity contribution in [1.29, 1.82) is 0 Å². The molecule has 0 aliphatic carbocycles. The molecular formula is C26H26N4O3S. The third-order valence-corrected chi connectivity index (χ3v) is 7.05. The fourth-order valence-electron chi connectivity index (χ4n) is 4.40. The number of hydrogen-bond acceptors (Lipinski definition) is 6. The zero-order chi connectivity index (χ0) is 23.5. The number of amides is 1. The Labute approximate surface area is 201 Å². The van der Waals surface area contributed by atoms with E-state index in [0.29, 0.717) is 40.7 Å². The zero-order valence-electron chi connectivity index (χ0n) is 18.9. The maximum absolute atomic E-state index is 13.5. The van der Waals surface area contributed by atoms with Crippen LogP contribution in [0.5, 0.6) is 5.75 Å². The molecular weight excluding hydrogens is 448 g/mol. The molecule has 1 aliphatic rings. The molecule has 3 heterocycles. The van der Waals surface area contributed by atoms with E-state index < -0.39 is 0 Å². The normalized spacial score (nSPS) is 15.9. The number of piperidine rings is 1. The van der Waals surface area contributed by atoms with Crippen molar-refractivity contribution in [3.8, 4) is 11.4 Å². The van der Waals surface area contributed by atoms with E-state index >= 15 is 0 Å². The molecule has 4 aromatic rings. The summed E-state index contributed by atoms with van der Waals surface area (Å²) < 4.78 is 7.64. The van der Waals surface area contributed by atoms with E-state index in [-0.39, 0.29) is 17.4 Å². The van der Waals surface area contributed by atoms with E-state index in [4.69, 9.17) is 9.72 Å². The molecule has 5 rings (SSSR count). The number of carbonyl (C=O) groups excluding carboxylic acids is 1. The van der Waals surface area contributed by atoms with Gasteiger partial charge in [0.25, 0.3) is 5.56 Å². The first kappa shape index (κ1) is 22.2. The highest BCUT2D eigenvalue weighted by Gasteiger charge is 2.29. The van der Waals surface area contributed by atoms with E-state index in [1.807, 2.05) is 66.0 Å². The Morgan fingerprint density at radius 3 is 2.85 bits per heavy atom. The van der Waals surface area contributed by atoms with Gasteiger partial charge >= 0.3 is 0 Å². The molecule has 2 aromatic carbocycles. The molecule has 0 saturated carbocycles. The smallest absolute Gasteiger partial charge is 0.277 e. The summed E-state index contributed by atoms with van der Waals surface area (Å²) in [5, 5.41) is 4.95. The monoisotopic (exact) mass is 474 g/mol.